The van der Waals surface area contributed by atoms with Gasteiger partial charge in [0.15, 0.2) is 0 Å². The molecule has 0 bridgehead atoms. The van der Waals surface area contributed by atoms with Crippen LogP contribution in [-0.4, -0.2) is 28.6 Å². The van der Waals surface area contributed by atoms with E-state index in [9.17, 15) is 9.90 Å². The summed E-state index contributed by atoms with van der Waals surface area (Å²) in [5.74, 6) is -0.0516. The minimum atomic E-state index is -0.265. The highest BCUT2D eigenvalue weighted by Crippen LogP contribution is 2.16. The lowest BCUT2D eigenvalue weighted by Gasteiger charge is -2.06. The molecule has 0 aliphatic carbocycles. The number of aromatic hydroxyl groups is 1. The van der Waals surface area contributed by atoms with Gasteiger partial charge < -0.3 is 21.4 Å². The summed E-state index contributed by atoms with van der Waals surface area (Å²) in [6, 6.07) is 4.59. The van der Waals surface area contributed by atoms with Crippen LogP contribution in [0, 0.1) is 6.92 Å². The number of aryl methyl sites for hydroxylation is 1. The van der Waals surface area contributed by atoms with Crippen LogP contribution >= 0.6 is 0 Å². The molecule has 0 aliphatic heterocycles. The van der Waals surface area contributed by atoms with Gasteiger partial charge in [0.05, 0.1) is 0 Å². The number of phenols is 1. The number of benzene rings is 1. The lowest BCUT2D eigenvalue weighted by molar-refractivity contribution is 0.0954. The number of hydrogen-bond donors (Lipinski definition) is 4. The van der Waals surface area contributed by atoms with Gasteiger partial charge in [-0.2, -0.15) is 0 Å². The molecule has 5 N–H and O–H groups in total. The maximum absolute atomic E-state index is 11.6. The van der Waals surface area contributed by atoms with Crippen LogP contribution in [0.25, 0.3) is 0 Å². The van der Waals surface area contributed by atoms with E-state index in [1.165, 1.54) is 12.1 Å². The number of nitrogens with two attached hydrogens (primary N) is 1. The fraction of sp³-hybridized carbons (Fsp3) is 0.273. The van der Waals surface area contributed by atoms with Crippen LogP contribution in [0.4, 0.5) is 0 Å². The number of nitrogens with one attached hydrogen (secondary N) is 1. The van der Waals surface area contributed by atoms with E-state index in [4.69, 9.17) is 10.9 Å². The Morgan fingerprint density at radius 2 is 2.24 bits per heavy atom. The predicted molar refractivity (Wildman–Crippen MR) is 63.2 cm³/mol. The predicted octanol–water partition coefficient (Wildman–Crippen LogP) is 0.567. The molecule has 1 rings (SSSR count). The molecule has 0 saturated heterocycles. The van der Waals surface area contributed by atoms with E-state index in [0.717, 1.165) is 0 Å². The first-order valence-corrected chi connectivity index (χ1v) is 5.09. The van der Waals surface area contributed by atoms with E-state index < -0.39 is 0 Å². The summed E-state index contributed by atoms with van der Waals surface area (Å²) in [5.41, 5.74) is 6.35. The van der Waals surface area contributed by atoms with Crippen molar-refractivity contribution >= 4 is 11.7 Å². The van der Waals surface area contributed by atoms with Crippen LogP contribution in [0.1, 0.15) is 22.3 Å². The molecule has 1 aromatic rings. The van der Waals surface area contributed by atoms with Crippen LogP contribution < -0.4 is 11.1 Å². The summed E-state index contributed by atoms with van der Waals surface area (Å²) in [5, 5.41) is 23.0. The molecule has 0 heterocycles. The molecule has 0 aliphatic rings. The normalized spacial score (nSPS) is 11.2. The number of rotatable bonds is 4. The number of oxime groups is 1. The summed E-state index contributed by atoms with van der Waals surface area (Å²) in [7, 11) is 0. The Bertz CT molecular complexity index is 444. The molecule has 6 nitrogen and oxygen atoms in total. The molecule has 6 heteroatoms. The van der Waals surface area contributed by atoms with Crippen LogP contribution in [-0.2, 0) is 0 Å². The average Bonchev–Trinajstić information content (AvgIpc) is 2.32. The number of amides is 1. The van der Waals surface area contributed by atoms with Crippen LogP contribution in [0.15, 0.2) is 23.4 Å². The van der Waals surface area contributed by atoms with Gasteiger partial charge in [0.2, 0.25) is 0 Å². The molecule has 0 saturated carbocycles. The highest BCUT2D eigenvalue weighted by molar-refractivity contribution is 5.94. The first-order valence-electron chi connectivity index (χ1n) is 5.09. The Hall–Kier alpha value is -2.24. The number of carbonyl (C=O) groups excluding carboxylic acids is 1. The third-order valence-electron chi connectivity index (χ3n) is 2.25. The van der Waals surface area contributed by atoms with E-state index in [1.807, 2.05) is 0 Å². The highest BCUT2D eigenvalue weighted by Gasteiger charge is 2.06. The van der Waals surface area contributed by atoms with E-state index in [-0.39, 0.29) is 30.5 Å². The molecule has 0 unspecified atom stereocenters. The summed E-state index contributed by atoms with van der Waals surface area (Å²) in [4.78, 5) is 11.6. The van der Waals surface area contributed by atoms with E-state index in [0.29, 0.717) is 11.1 Å². The number of amidine groups is 1. The van der Waals surface area contributed by atoms with Crippen LogP contribution in [0.3, 0.4) is 0 Å². The molecular formula is C11H15N3O3. The van der Waals surface area contributed by atoms with Gasteiger partial charge in [-0.15, -0.1) is 0 Å². The van der Waals surface area contributed by atoms with Gasteiger partial charge in [0.25, 0.3) is 5.91 Å². The first-order chi connectivity index (χ1) is 8.04. The summed E-state index contributed by atoms with van der Waals surface area (Å²) in [6.07, 6.45) is 0.277. The number of carbonyl (C=O) groups is 1. The first kappa shape index (κ1) is 12.8. The second kappa shape index (κ2) is 5.74. The minimum Gasteiger partial charge on any atom is -0.508 e. The van der Waals surface area contributed by atoms with Crippen molar-refractivity contribution in [3.8, 4) is 5.75 Å². The van der Waals surface area contributed by atoms with Crippen molar-refractivity contribution in [1.82, 2.24) is 5.32 Å². The maximum atomic E-state index is 11.6. The molecule has 1 aromatic carbocycles. The van der Waals surface area contributed by atoms with Crippen molar-refractivity contribution in [3.05, 3.63) is 29.3 Å². The SMILES string of the molecule is Cc1cc(C(=O)NCC/C(N)=N/O)ccc1O. The Kier molecular flexibility index (Phi) is 4.33. The molecule has 92 valence electrons. The molecule has 0 fully saturated rings. The fourth-order valence-corrected chi connectivity index (χ4v) is 1.25. The monoisotopic (exact) mass is 237 g/mol. The molecule has 0 radical (unpaired) electrons. The van der Waals surface area contributed by atoms with Gasteiger partial charge in [0.1, 0.15) is 11.6 Å². The van der Waals surface area contributed by atoms with Crippen molar-refractivity contribution < 1.29 is 15.1 Å². The number of phenolic OH excluding ortho intramolecular Hbond substituents is 1. The van der Waals surface area contributed by atoms with Gasteiger partial charge in [-0.1, -0.05) is 5.16 Å². The van der Waals surface area contributed by atoms with E-state index >= 15 is 0 Å². The second-order valence-corrected chi connectivity index (χ2v) is 3.60. The lowest BCUT2D eigenvalue weighted by Crippen LogP contribution is -2.28. The minimum absolute atomic E-state index is 0.0622. The quantitative estimate of drug-likeness (QED) is 0.265. The summed E-state index contributed by atoms with van der Waals surface area (Å²) in [6.45, 7) is 2.00. The highest BCUT2D eigenvalue weighted by atomic mass is 16.4. The molecule has 1 amide bonds. The molecule has 0 atom stereocenters. The topological polar surface area (TPSA) is 108 Å². The molecule has 0 spiro atoms. The van der Waals surface area contributed by atoms with Crippen molar-refractivity contribution in [1.29, 1.82) is 0 Å². The average molecular weight is 237 g/mol. The Morgan fingerprint density at radius 3 is 2.82 bits per heavy atom. The Balaban J connectivity index is 2.55. The second-order valence-electron chi connectivity index (χ2n) is 3.60. The maximum Gasteiger partial charge on any atom is 0.251 e. The number of hydrogen-bond acceptors (Lipinski definition) is 4. The summed E-state index contributed by atoms with van der Waals surface area (Å²) >= 11 is 0. The molecule has 0 aromatic heterocycles. The third kappa shape index (κ3) is 3.67. The van der Waals surface area contributed by atoms with Gasteiger partial charge in [-0.05, 0) is 30.7 Å². The van der Waals surface area contributed by atoms with Crippen molar-refractivity contribution in [2.24, 2.45) is 10.9 Å². The van der Waals surface area contributed by atoms with Crippen LogP contribution in [0.2, 0.25) is 0 Å². The van der Waals surface area contributed by atoms with Crippen molar-refractivity contribution in [2.75, 3.05) is 6.54 Å². The van der Waals surface area contributed by atoms with Crippen molar-refractivity contribution in [2.45, 2.75) is 13.3 Å². The summed E-state index contributed by atoms with van der Waals surface area (Å²) < 4.78 is 0. The van der Waals surface area contributed by atoms with Crippen molar-refractivity contribution in [3.63, 3.8) is 0 Å². The Morgan fingerprint density at radius 1 is 1.53 bits per heavy atom. The zero-order chi connectivity index (χ0) is 12.8. The smallest absolute Gasteiger partial charge is 0.251 e. The lowest BCUT2D eigenvalue weighted by atomic mass is 10.1. The fourth-order valence-electron chi connectivity index (χ4n) is 1.25. The van der Waals surface area contributed by atoms with Gasteiger partial charge >= 0.3 is 0 Å². The zero-order valence-electron chi connectivity index (χ0n) is 9.47. The molecule has 17 heavy (non-hydrogen) atoms. The third-order valence-corrected chi connectivity index (χ3v) is 2.25. The standard InChI is InChI=1S/C11H15N3O3/c1-7-6-8(2-3-9(7)15)11(16)13-5-4-10(12)14-17/h2-3,6,15,17H,4-5H2,1H3,(H2,12,14)(H,13,16). The zero-order valence-corrected chi connectivity index (χ0v) is 9.47. The van der Waals surface area contributed by atoms with Gasteiger partial charge in [-0.3, -0.25) is 4.79 Å². The van der Waals surface area contributed by atoms with Crippen LogP contribution in [0.5, 0.6) is 5.75 Å². The van der Waals surface area contributed by atoms with E-state index in [2.05, 4.69) is 10.5 Å². The number of nitrogens with zero attached hydrogens (tertiary/aromatic N) is 1. The largest absolute Gasteiger partial charge is 0.508 e. The van der Waals surface area contributed by atoms with Gasteiger partial charge in [-0.25, -0.2) is 0 Å². The van der Waals surface area contributed by atoms with E-state index in [1.54, 1.807) is 13.0 Å². The Labute approximate surface area is 98.7 Å². The van der Waals surface area contributed by atoms with Gasteiger partial charge in [0, 0.05) is 18.5 Å². The molecular weight excluding hydrogens is 222 g/mol.